The molecule has 0 radical (unpaired) electrons. The monoisotopic (exact) mass is 294 g/mol. The number of hydrogen-bond acceptors (Lipinski definition) is 3. The molecule has 0 unspecified atom stereocenters. The average molecular weight is 295 g/mol. The lowest BCUT2D eigenvalue weighted by atomic mass is 10.1. The van der Waals surface area contributed by atoms with E-state index in [9.17, 15) is 4.79 Å². The number of hydrogen-bond donors (Lipinski definition) is 1. The van der Waals surface area contributed by atoms with Gasteiger partial charge in [0.15, 0.2) is 0 Å². The molecule has 0 atom stereocenters. The van der Waals surface area contributed by atoms with Crippen LogP contribution in [0, 0.1) is 0 Å². The first-order valence-corrected chi connectivity index (χ1v) is 7.16. The first-order valence-electron chi connectivity index (χ1n) is 6.78. The molecule has 0 bridgehead atoms. The van der Waals surface area contributed by atoms with E-state index in [1.54, 1.807) is 6.08 Å². The van der Waals surface area contributed by atoms with Crippen LogP contribution >= 0.6 is 11.6 Å². The normalized spacial score (nSPS) is 16.8. The zero-order valence-electron chi connectivity index (χ0n) is 11.6. The molecule has 1 aliphatic rings. The molecular weight excluding hydrogens is 276 g/mol. The van der Waals surface area contributed by atoms with Crippen molar-refractivity contribution in [3.63, 3.8) is 0 Å². The lowest BCUT2D eigenvalue weighted by Gasteiger charge is -2.36. The average Bonchev–Trinajstić information content (AvgIpc) is 2.45. The zero-order valence-corrected chi connectivity index (χ0v) is 12.3. The molecule has 0 saturated carbocycles. The zero-order chi connectivity index (χ0) is 14.5. The van der Waals surface area contributed by atoms with Crippen LogP contribution in [0.15, 0.2) is 24.3 Å². The number of likely N-dealkylation sites (N-methyl/N-ethyl adjacent to an activating group) is 1. The Balaban J connectivity index is 2.24. The Morgan fingerprint density at radius 2 is 2.05 bits per heavy atom. The van der Waals surface area contributed by atoms with E-state index in [1.165, 1.54) is 0 Å². The molecule has 1 aromatic carbocycles. The molecule has 1 heterocycles. The SMILES string of the molecule is CCN1CCN(c2c(Cl)cccc2/C=C/C(=O)O)CC1. The van der Waals surface area contributed by atoms with Gasteiger partial charge in [-0.15, -0.1) is 0 Å². The van der Waals surface area contributed by atoms with Gasteiger partial charge >= 0.3 is 5.97 Å². The van der Waals surface area contributed by atoms with Crippen molar-refractivity contribution in [1.82, 2.24) is 4.90 Å². The summed E-state index contributed by atoms with van der Waals surface area (Å²) < 4.78 is 0. The number of carboxylic acid groups (broad SMARTS) is 1. The van der Waals surface area contributed by atoms with Crippen molar-refractivity contribution >= 4 is 29.3 Å². The molecule has 1 fully saturated rings. The summed E-state index contributed by atoms with van der Waals surface area (Å²) in [4.78, 5) is 15.3. The third kappa shape index (κ3) is 3.52. The van der Waals surface area contributed by atoms with Crippen LogP contribution < -0.4 is 4.90 Å². The van der Waals surface area contributed by atoms with Crippen molar-refractivity contribution in [2.24, 2.45) is 0 Å². The molecule has 4 nitrogen and oxygen atoms in total. The first-order chi connectivity index (χ1) is 9.61. The van der Waals surface area contributed by atoms with Crippen molar-refractivity contribution in [3.8, 4) is 0 Å². The van der Waals surface area contributed by atoms with Crippen LogP contribution in [0.3, 0.4) is 0 Å². The van der Waals surface area contributed by atoms with Gasteiger partial charge in [0.05, 0.1) is 10.7 Å². The second-order valence-corrected chi connectivity index (χ2v) is 5.18. The number of benzene rings is 1. The number of aliphatic carboxylic acids is 1. The number of carboxylic acids is 1. The molecule has 1 aliphatic heterocycles. The standard InChI is InChI=1S/C15H19ClN2O2/c1-2-17-8-10-18(11-9-17)15-12(6-7-14(19)20)4-3-5-13(15)16/h3-7H,2,8-11H2,1H3,(H,19,20)/b7-6+. The fourth-order valence-electron chi connectivity index (χ4n) is 2.45. The number of nitrogens with zero attached hydrogens (tertiary/aromatic N) is 2. The van der Waals surface area contributed by atoms with Crippen molar-refractivity contribution < 1.29 is 9.90 Å². The fourth-order valence-corrected chi connectivity index (χ4v) is 2.75. The molecular formula is C15H19ClN2O2. The van der Waals surface area contributed by atoms with Crippen molar-refractivity contribution in [3.05, 3.63) is 34.9 Å². The minimum Gasteiger partial charge on any atom is -0.478 e. The van der Waals surface area contributed by atoms with Crippen LogP contribution in [0.25, 0.3) is 6.08 Å². The highest BCUT2D eigenvalue weighted by atomic mass is 35.5. The second kappa shape index (κ2) is 6.77. The van der Waals surface area contributed by atoms with Gasteiger partial charge in [0.25, 0.3) is 0 Å². The van der Waals surface area contributed by atoms with Crippen LogP contribution in [0.2, 0.25) is 5.02 Å². The number of halogens is 1. The number of carbonyl (C=O) groups is 1. The highest BCUT2D eigenvalue weighted by molar-refractivity contribution is 6.33. The minimum atomic E-state index is -0.952. The molecule has 0 spiro atoms. The van der Waals surface area contributed by atoms with Gasteiger partial charge in [-0.1, -0.05) is 30.7 Å². The minimum absolute atomic E-state index is 0.669. The lowest BCUT2D eigenvalue weighted by molar-refractivity contribution is -0.131. The molecule has 0 amide bonds. The third-order valence-electron chi connectivity index (χ3n) is 3.56. The maximum atomic E-state index is 10.7. The van der Waals surface area contributed by atoms with Gasteiger partial charge in [0.2, 0.25) is 0 Å². The van der Waals surface area contributed by atoms with E-state index in [0.717, 1.165) is 50.1 Å². The van der Waals surface area contributed by atoms with Crippen molar-refractivity contribution in [2.45, 2.75) is 6.92 Å². The predicted octanol–water partition coefficient (Wildman–Crippen LogP) is 2.58. The van der Waals surface area contributed by atoms with E-state index >= 15 is 0 Å². The van der Waals surface area contributed by atoms with E-state index in [-0.39, 0.29) is 0 Å². The molecule has 108 valence electrons. The Labute approximate surface area is 124 Å². The highest BCUT2D eigenvalue weighted by Gasteiger charge is 2.19. The molecule has 1 aromatic rings. The van der Waals surface area contributed by atoms with E-state index in [2.05, 4.69) is 16.7 Å². The number of para-hydroxylation sites is 1. The largest absolute Gasteiger partial charge is 0.478 e. The Morgan fingerprint density at radius 3 is 2.65 bits per heavy atom. The molecule has 1 saturated heterocycles. The lowest BCUT2D eigenvalue weighted by Crippen LogP contribution is -2.46. The number of rotatable bonds is 4. The predicted molar refractivity (Wildman–Crippen MR) is 82.4 cm³/mol. The topological polar surface area (TPSA) is 43.8 Å². The van der Waals surface area contributed by atoms with Crippen molar-refractivity contribution in [2.75, 3.05) is 37.6 Å². The number of piperazine rings is 1. The Morgan fingerprint density at radius 1 is 1.35 bits per heavy atom. The summed E-state index contributed by atoms with van der Waals surface area (Å²) in [5.41, 5.74) is 1.78. The molecule has 20 heavy (non-hydrogen) atoms. The molecule has 0 aromatic heterocycles. The van der Waals surface area contributed by atoms with Gasteiger partial charge in [-0.25, -0.2) is 4.79 Å². The van der Waals surface area contributed by atoms with Gasteiger partial charge < -0.3 is 14.9 Å². The molecule has 0 aliphatic carbocycles. The summed E-state index contributed by atoms with van der Waals surface area (Å²) in [6.07, 6.45) is 2.76. The summed E-state index contributed by atoms with van der Waals surface area (Å²) in [5, 5.41) is 9.44. The molecule has 1 N–H and O–H groups in total. The highest BCUT2D eigenvalue weighted by Crippen LogP contribution is 2.31. The summed E-state index contributed by atoms with van der Waals surface area (Å²) in [7, 11) is 0. The quantitative estimate of drug-likeness (QED) is 0.867. The molecule has 2 rings (SSSR count). The summed E-state index contributed by atoms with van der Waals surface area (Å²) >= 11 is 6.31. The van der Waals surface area contributed by atoms with Gasteiger partial charge in [-0.05, 0) is 24.3 Å². The molecule has 5 heteroatoms. The van der Waals surface area contributed by atoms with Crippen molar-refractivity contribution in [1.29, 1.82) is 0 Å². The van der Waals surface area contributed by atoms with Crippen LogP contribution in [0.5, 0.6) is 0 Å². The maximum absolute atomic E-state index is 10.7. The van der Waals surface area contributed by atoms with Crippen LogP contribution in [0.1, 0.15) is 12.5 Å². The maximum Gasteiger partial charge on any atom is 0.328 e. The Kier molecular flexibility index (Phi) is 5.04. The number of anilines is 1. The van der Waals surface area contributed by atoms with E-state index < -0.39 is 5.97 Å². The second-order valence-electron chi connectivity index (χ2n) is 4.77. The Hall–Kier alpha value is -1.52. The summed E-state index contributed by atoms with van der Waals surface area (Å²) in [6.45, 7) is 7.04. The smallest absolute Gasteiger partial charge is 0.328 e. The van der Waals surface area contributed by atoms with Crippen LogP contribution in [-0.2, 0) is 4.79 Å². The van der Waals surface area contributed by atoms with Crippen LogP contribution in [-0.4, -0.2) is 48.7 Å². The van der Waals surface area contributed by atoms with E-state index in [1.807, 2.05) is 18.2 Å². The third-order valence-corrected chi connectivity index (χ3v) is 3.86. The summed E-state index contributed by atoms with van der Waals surface area (Å²) in [5.74, 6) is -0.952. The fraction of sp³-hybridized carbons (Fsp3) is 0.400. The van der Waals surface area contributed by atoms with E-state index in [0.29, 0.717) is 5.02 Å². The van der Waals surface area contributed by atoms with Crippen LogP contribution in [0.4, 0.5) is 5.69 Å². The first kappa shape index (κ1) is 14.9. The van der Waals surface area contributed by atoms with Gasteiger partial charge in [-0.3, -0.25) is 0 Å². The Bertz CT molecular complexity index is 509. The van der Waals surface area contributed by atoms with Gasteiger partial charge in [-0.2, -0.15) is 0 Å². The van der Waals surface area contributed by atoms with Gasteiger partial charge in [0, 0.05) is 32.3 Å². The summed E-state index contributed by atoms with van der Waals surface area (Å²) in [6, 6.07) is 5.59. The van der Waals surface area contributed by atoms with E-state index in [4.69, 9.17) is 16.7 Å². The van der Waals surface area contributed by atoms with Gasteiger partial charge in [0.1, 0.15) is 0 Å².